The largest absolute Gasteiger partial charge is 0.378 e. The molecule has 12 heavy (non-hydrogen) atoms. The fourth-order valence-electron chi connectivity index (χ4n) is 2.53. The van der Waals surface area contributed by atoms with E-state index in [1.54, 1.807) is 6.92 Å². The average molecular weight is 162 g/mol. The van der Waals surface area contributed by atoms with Gasteiger partial charge in [-0.3, -0.25) is 0 Å². The van der Waals surface area contributed by atoms with Gasteiger partial charge in [-0.2, -0.15) is 0 Å². The number of rotatable bonds is 1. The molecule has 1 nitrogen and oxygen atoms in total. The molecule has 2 bridgehead atoms. The Hall–Kier alpha value is -0.740. The topological polar surface area (TPSA) is 20.2 Å². The molecule has 4 atom stereocenters. The number of aliphatic hydroxyl groups is 1. The van der Waals surface area contributed by atoms with Crippen molar-refractivity contribution in [3.63, 3.8) is 0 Å². The van der Waals surface area contributed by atoms with Gasteiger partial charge in [0.2, 0.25) is 0 Å². The van der Waals surface area contributed by atoms with E-state index in [-0.39, 0.29) is 5.92 Å². The number of hydrogen-bond acceptors (Lipinski definition) is 1. The Kier molecular flexibility index (Phi) is 1.56. The first-order valence-corrected chi connectivity index (χ1v) is 4.52. The molecule has 64 valence electrons. The van der Waals surface area contributed by atoms with Crippen LogP contribution in [0, 0.1) is 30.1 Å². The quantitative estimate of drug-likeness (QED) is 0.458. The van der Waals surface area contributed by atoms with Gasteiger partial charge in [0.1, 0.15) is 5.60 Å². The van der Waals surface area contributed by atoms with Gasteiger partial charge in [-0.05, 0) is 31.6 Å². The molecule has 0 radical (unpaired) electrons. The lowest BCUT2D eigenvalue weighted by molar-refractivity contribution is 0.0434. The highest BCUT2D eigenvalue weighted by molar-refractivity contribution is 5.19. The third kappa shape index (κ3) is 0.990. The Morgan fingerprint density at radius 3 is 2.67 bits per heavy atom. The highest BCUT2D eigenvalue weighted by Gasteiger charge is 2.44. The highest BCUT2D eigenvalue weighted by Crippen LogP contribution is 2.47. The highest BCUT2D eigenvalue weighted by atomic mass is 16.3. The molecule has 0 aromatic heterocycles. The Bertz CT molecular complexity index is 257. The van der Waals surface area contributed by atoms with Crippen molar-refractivity contribution in [1.82, 2.24) is 0 Å². The first-order valence-electron chi connectivity index (χ1n) is 4.52. The molecule has 0 saturated heterocycles. The number of allylic oxidation sites excluding steroid dienone is 2. The van der Waals surface area contributed by atoms with Gasteiger partial charge < -0.3 is 5.11 Å². The van der Waals surface area contributed by atoms with Gasteiger partial charge in [0.05, 0.1) is 0 Å². The minimum Gasteiger partial charge on any atom is -0.378 e. The molecule has 0 unspecified atom stereocenters. The fourth-order valence-corrected chi connectivity index (χ4v) is 2.53. The summed E-state index contributed by atoms with van der Waals surface area (Å²) >= 11 is 0. The van der Waals surface area contributed by atoms with Crippen LogP contribution in [0.3, 0.4) is 0 Å². The zero-order valence-corrected chi connectivity index (χ0v) is 7.33. The predicted molar refractivity (Wildman–Crippen MR) is 48.3 cm³/mol. The first kappa shape index (κ1) is 7.89. The van der Waals surface area contributed by atoms with E-state index in [1.807, 2.05) is 0 Å². The Balaban J connectivity index is 2.19. The summed E-state index contributed by atoms with van der Waals surface area (Å²) in [6.07, 6.45) is 12.0. The summed E-state index contributed by atoms with van der Waals surface area (Å²) in [6.45, 7) is 1.76. The minimum atomic E-state index is -0.899. The van der Waals surface area contributed by atoms with E-state index in [0.717, 1.165) is 6.42 Å². The van der Waals surface area contributed by atoms with E-state index in [0.29, 0.717) is 11.8 Å². The molecule has 0 spiro atoms. The number of hydrogen-bond donors (Lipinski definition) is 1. The van der Waals surface area contributed by atoms with Crippen LogP contribution in [0.2, 0.25) is 0 Å². The van der Waals surface area contributed by atoms with Crippen molar-refractivity contribution in [2.75, 3.05) is 0 Å². The molecular weight excluding hydrogens is 148 g/mol. The molecule has 0 heterocycles. The van der Waals surface area contributed by atoms with E-state index in [1.165, 1.54) is 6.42 Å². The van der Waals surface area contributed by atoms with Gasteiger partial charge in [-0.1, -0.05) is 18.1 Å². The molecule has 1 N–H and O–H groups in total. The smallest absolute Gasteiger partial charge is 0.125 e. The van der Waals surface area contributed by atoms with Crippen molar-refractivity contribution in [2.45, 2.75) is 25.4 Å². The maximum Gasteiger partial charge on any atom is 0.125 e. The summed E-state index contributed by atoms with van der Waals surface area (Å²) in [5.41, 5.74) is -0.899. The molecule has 2 aliphatic rings. The van der Waals surface area contributed by atoms with E-state index in [2.05, 4.69) is 18.1 Å². The fraction of sp³-hybridized carbons (Fsp3) is 0.636. The Labute approximate surface area is 73.5 Å². The van der Waals surface area contributed by atoms with E-state index >= 15 is 0 Å². The standard InChI is InChI=1S/C11H14O/c1-3-11(2,12)10-7-8-4-5-9(10)6-8/h1,4-5,8-10,12H,6-7H2,2H3/t8-,9+,10-,11+/m0/s1. The van der Waals surface area contributed by atoms with Gasteiger partial charge in [0.15, 0.2) is 0 Å². The second kappa shape index (κ2) is 2.37. The molecule has 2 rings (SSSR count). The lowest BCUT2D eigenvalue weighted by atomic mass is 9.80. The van der Waals surface area contributed by atoms with Crippen LogP contribution in [0.25, 0.3) is 0 Å². The molecular formula is C11H14O. The van der Waals surface area contributed by atoms with E-state index in [4.69, 9.17) is 6.42 Å². The normalized spacial score (nSPS) is 42.6. The van der Waals surface area contributed by atoms with Crippen molar-refractivity contribution in [1.29, 1.82) is 0 Å². The van der Waals surface area contributed by atoms with Crippen LogP contribution < -0.4 is 0 Å². The zero-order valence-electron chi connectivity index (χ0n) is 7.33. The van der Waals surface area contributed by atoms with E-state index < -0.39 is 5.60 Å². The van der Waals surface area contributed by atoms with Gasteiger partial charge in [-0.15, -0.1) is 6.42 Å². The summed E-state index contributed by atoms with van der Waals surface area (Å²) < 4.78 is 0. The molecule has 0 aromatic carbocycles. The molecule has 0 amide bonds. The second-order valence-electron chi connectivity index (χ2n) is 4.18. The van der Waals surface area contributed by atoms with Crippen molar-refractivity contribution in [2.24, 2.45) is 17.8 Å². The molecule has 0 aromatic rings. The van der Waals surface area contributed by atoms with Crippen molar-refractivity contribution in [3.05, 3.63) is 12.2 Å². The van der Waals surface area contributed by atoms with Crippen LogP contribution in [0.5, 0.6) is 0 Å². The van der Waals surface area contributed by atoms with Crippen LogP contribution in [0.4, 0.5) is 0 Å². The maximum absolute atomic E-state index is 9.88. The Morgan fingerprint density at radius 2 is 2.25 bits per heavy atom. The molecule has 2 aliphatic carbocycles. The number of terminal acetylenes is 1. The van der Waals surface area contributed by atoms with Crippen molar-refractivity contribution < 1.29 is 5.11 Å². The lowest BCUT2D eigenvalue weighted by Crippen LogP contribution is -2.35. The summed E-state index contributed by atoms with van der Waals surface area (Å²) in [5, 5.41) is 9.88. The lowest BCUT2D eigenvalue weighted by Gasteiger charge is -2.29. The summed E-state index contributed by atoms with van der Waals surface area (Å²) in [7, 11) is 0. The van der Waals surface area contributed by atoms with Gasteiger partial charge in [-0.25, -0.2) is 0 Å². The van der Waals surface area contributed by atoms with E-state index in [9.17, 15) is 5.11 Å². The first-order chi connectivity index (χ1) is 5.63. The van der Waals surface area contributed by atoms with Crippen molar-refractivity contribution in [3.8, 4) is 12.3 Å². The zero-order chi connectivity index (χ0) is 8.77. The van der Waals surface area contributed by atoms with Crippen LogP contribution in [0.15, 0.2) is 12.2 Å². The van der Waals surface area contributed by atoms with Crippen LogP contribution in [0.1, 0.15) is 19.8 Å². The summed E-state index contributed by atoms with van der Waals surface area (Å²) in [4.78, 5) is 0. The monoisotopic (exact) mass is 162 g/mol. The third-order valence-electron chi connectivity index (χ3n) is 3.29. The van der Waals surface area contributed by atoms with Gasteiger partial charge in [0, 0.05) is 5.92 Å². The summed E-state index contributed by atoms with van der Waals surface area (Å²) in [6, 6.07) is 0. The molecule has 1 fully saturated rings. The average Bonchev–Trinajstić information content (AvgIpc) is 2.64. The van der Waals surface area contributed by atoms with Gasteiger partial charge >= 0.3 is 0 Å². The van der Waals surface area contributed by atoms with Gasteiger partial charge in [0.25, 0.3) is 0 Å². The van der Waals surface area contributed by atoms with Crippen molar-refractivity contribution >= 4 is 0 Å². The predicted octanol–water partition coefficient (Wildman–Crippen LogP) is 1.58. The SMILES string of the molecule is C#C[C@@](C)(O)[C@H]1C[C@H]2C=C[C@@H]1C2. The second-order valence-corrected chi connectivity index (χ2v) is 4.18. The minimum absolute atomic E-state index is 0.289. The molecule has 1 heteroatoms. The van der Waals surface area contributed by atoms with Crippen LogP contribution in [-0.2, 0) is 0 Å². The number of fused-ring (bicyclic) bond motifs is 2. The molecule has 0 aliphatic heterocycles. The van der Waals surface area contributed by atoms with Crippen LogP contribution in [-0.4, -0.2) is 10.7 Å². The third-order valence-corrected chi connectivity index (χ3v) is 3.29. The molecule has 1 saturated carbocycles. The summed E-state index contributed by atoms with van der Waals surface area (Å²) in [5.74, 6) is 3.99. The Morgan fingerprint density at radius 1 is 1.50 bits per heavy atom. The van der Waals surface area contributed by atoms with Crippen LogP contribution >= 0.6 is 0 Å². The maximum atomic E-state index is 9.88.